The van der Waals surface area contributed by atoms with Crippen molar-refractivity contribution < 1.29 is 4.74 Å². The zero-order valence-corrected chi connectivity index (χ0v) is 14.1. The summed E-state index contributed by atoms with van der Waals surface area (Å²) in [5, 5.41) is 0. The molecule has 0 amide bonds. The van der Waals surface area contributed by atoms with Gasteiger partial charge < -0.3 is 10.5 Å². The first-order valence-corrected chi connectivity index (χ1v) is 8.30. The summed E-state index contributed by atoms with van der Waals surface area (Å²) >= 11 is 0. The van der Waals surface area contributed by atoms with Crippen LogP contribution in [-0.2, 0) is 0 Å². The number of para-hydroxylation sites is 1. The Morgan fingerprint density at radius 2 is 1.76 bits per heavy atom. The minimum atomic E-state index is 0.432. The predicted octanol–water partition coefficient (Wildman–Crippen LogP) is 4.59. The van der Waals surface area contributed by atoms with Crippen molar-refractivity contribution in [1.82, 2.24) is 0 Å². The van der Waals surface area contributed by atoms with E-state index in [1.165, 1.54) is 31.2 Å². The minimum absolute atomic E-state index is 0.432. The maximum atomic E-state index is 6.12. The van der Waals surface area contributed by atoms with Crippen molar-refractivity contribution in [2.24, 2.45) is 23.0 Å². The fraction of sp³-hybridized carbons (Fsp3) is 0.684. The lowest BCUT2D eigenvalue weighted by atomic mass is 9.66. The van der Waals surface area contributed by atoms with Crippen LogP contribution in [-0.4, -0.2) is 13.7 Å². The molecule has 0 spiro atoms. The molecule has 0 aliphatic heterocycles. The SMILES string of the molecule is COc1ccccc1C(CN)C1CCC(C(C)(C)C)CC1. The molecule has 1 aromatic rings. The van der Waals surface area contributed by atoms with Crippen molar-refractivity contribution in [2.45, 2.75) is 52.4 Å². The predicted molar refractivity (Wildman–Crippen MR) is 89.7 cm³/mol. The third-order valence-electron chi connectivity index (χ3n) is 5.36. The maximum absolute atomic E-state index is 6.12. The summed E-state index contributed by atoms with van der Waals surface area (Å²) in [5.74, 6) is 2.97. The normalized spacial score (nSPS) is 24.6. The summed E-state index contributed by atoms with van der Waals surface area (Å²) in [4.78, 5) is 0. The molecule has 2 N–H and O–H groups in total. The van der Waals surface area contributed by atoms with E-state index in [4.69, 9.17) is 10.5 Å². The molecule has 0 saturated heterocycles. The summed E-state index contributed by atoms with van der Waals surface area (Å²) in [6.07, 6.45) is 5.25. The number of ether oxygens (including phenoxy) is 1. The first-order valence-electron chi connectivity index (χ1n) is 8.30. The monoisotopic (exact) mass is 289 g/mol. The largest absolute Gasteiger partial charge is 0.496 e. The van der Waals surface area contributed by atoms with Gasteiger partial charge in [0.2, 0.25) is 0 Å². The number of hydrogen-bond donors (Lipinski definition) is 1. The Hall–Kier alpha value is -1.02. The summed E-state index contributed by atoms with van der Waals surface area (Å²) in [6, 6.07) is 8.37. The third-order valence-corrected chi connectivity index (χ3v) is 5.36. The summed E-state index contributed by atoms with van der Waals surface area (Å²) in [6.45, 7) is 7.83. The lowest BCUT2D eigenvalue weighted by Crippen LogP contribution is -2.30. The van der Waals surface area contributed by atoms with Crippen LogP contribution >= 0.6 is 0 Å². The van der Waals surface area contributed by atoms with Crippen LogP contribution in [0.1, 0.15) is 57.9 Å². The number of hydrogen-bond acceptors (Lipinski definition) is 2. The van der Waals surface area contributed by atoms with Crippen LogP contribution in [0.15, 0.2) is 24.3 Å². The highest BCUT2D eigenvalue weighted by atomic mass is 16.5. The van der Waals surface area contributed by atoms with Crippen molar-refractivity contribution >= 4 is 0 Å². The van der Waals surface area contributed by atoms with Crippen molar-refractivity contribution in [3.8, 4) is 5.75 Å². The summed E-state index contributed by atoms with van der Waals surface area (Å²) in [7, 11) is 1.75. The van der Waals surface area contributed by atoms with Gasteiger partial charge in [-0.25, -0.2) is 0 Å². The fourth-order valence-electron chi connectivity index (χ4n) is 3.93. The molecule has 0 radical (unpaired) electrons. The molecule has 1 unspecified atom stereocenters. The molecule has 1 saturated carbocycles. The van der Waals surface area contributed by atoms with Gasteiger partial charge in [0.05, 0.1) is 7.11 Å². The maximum Gasteiger partial charge on any atom is 0.122 e. The van der Waals surface area contributed by atoms with Crippen LogP contribution in [0.2, 0.25) is 0 Å². The van der Waals surface area contributed by atoms with Gasteiger partial charge in [-0.2, -0.15) is 0 Å². The average Bonchev–Trinajstić information content (AvgIpc) is 2.48. The van der Waals surface area contributed by atoms with Crippen molar-refractivity contribution in [3.63, 3.8) is 0 Å². The van der Waals surface area contributed by atoms with Crippen molar-refractivity contribution in [2.75, 3.05) is 13.7 Å². The standard InChI is InChI=1S/C19H31NO/c1-19(2,3)15-11-9-14(10-12-15)17(13-20)16-7-5-6-8-18(16)21-4/h5-8,14-15,17H,9-13,20H2,1-4H3. The molecule has 1 aliphatic rings. The second-order valence-electron chi connectivity index (χ2n) is 7.56. The van der Waals surface area contributed by atoms with Gasteiger partial charge in [0, 0.05) is 5.92 Å². The van der Waals surface area contributed by atoms with E-state index in [0.717, 1.165) is 11.7 Å². The van der Waals surface area contributed by atoms with E-state index in [0.29, 0.717) is 23.8 Å². The number of methoxy groups -OCH3 is 1. The number of rotatable bonds is 4. The first kappa shape index (κ1) is 16.4. The summed E-state index contributed by atoms with van der Waals surface area (Å²) < 4.78 is 5.54. The van der Waals surface area contributed by atoms with Gasteiger partial charge in [0.25, 0.3) is 0 Å². The second-order valence-corrected chi connectivity index (χ2v) is 7.56. The topological polar surface area (TPSA) is 35.2 Å². The summed E-state index contributed by atoms with van der Waals surface area (Å²) in [5.41, 5.74) is 7.86. The lowest BCUT2D eigenvalue weighted by Gasteiger charge is -2.39. The van der Waals surface area contributed by atoms with Gasteiger partial charge in [-0.3, -0.25) is 0 Å². The quantitative estimate of drug-likeness (QED) is 0.880. The molecule has 0 heterocycles. The fourth-order valence-corrected chi connectivity index (χ4v) is 3.93. The van der Waals surface area contributed by atoms with Gasteiger partial charge in [-0.1, -0.05) is 39.0 Å². The minimum Gasteiger partial charge on any atom is -0.496 e. The highest BCUT2D eigenvalue weighted by molar-refractivity contribution is 5.37. The molecule has 1 fully saturated rings. The molecule has 118 valence electrons. The van der Waals surface area contributed by atoms with E-state index >= 15 is 0 Å². The Morgan fingerprint density at radius 3 is 2.29 bits per heavy atom. The van der Waals surface area contributed by atoms with E-state index < -0.39 is 0 Å². The van der Waals surface area contributed by atoms with Gasteiger partial charge in [-0.15, -0.1) is 0 Å². The number of nitrogens with two attached hydrogens (primary N) is 1. The van der Waals surface area contributed by atoms with Gasteiger partial charge >= 0.3 is 0 Å². The molecule has 21 heavy (non-hydrogen) atoms. The van der Waals surface area contributed by atoms with Crippen LogP contribution in [0.4, 0.5) is 0 Å². The zero-order valence-electron chi connectivity index (χ0n) is 14.1. The van der Waals surface area contributed by atoms with Gasteiger partial charge in [-0.05, 0) is 61.1 Å². The van der Waals surface area contributed by atoms with E-state index in [1.807, 2.05) is 6.07 Å². The highest BCUT2D eigenvalue weighted by Crippen LogP contribution is 2.45. The average molecular weight is 289 g/mol. The zero-order chi connectivity index (χ0) is 15.5. The van der Waals surface area contributed by atoms with E-state index in [-0.39, 0.29) is 0 Å². The van der Waals surface area contributed by atoms with Crippen LogP contribution in [0, 0.1) is 17.3 Å². The van der Waals surface area contributed by atoms with Crippen LogP contribution in [0.25, 0.3) is 0 Å². The second kappa shape index (κ2) is 6.83. The third kappa shape index (κ3) is 3.79. The lowest BCUT2D eigenvalue weighted by molar-refractivity contribution is 0.139. The Balaban J connectivity index is 2.10. The first-order chi connectivity index (χ1) is 9.97. The molecule has 2 nitrogen and oxygen atoms in total. The Bertz CT molecular complexity index is 441. The molecule has 2 rings (SSSR count). The Morgan fingerprint density at radius 1 is 1.14 bits per heavy atom. The van der Waals surface area contributed by atoms with Crippen molar-refractivity contribution in [1.29, 1.82) is 0 Å². The molecular weight excluding hydrogens is 258 g/mol. The number of benzene rings is 1. The molecule has 1 aromatic carbocycles. The van der Waals surface area contributed by atoms with Crippen LogP contribution < -0.4 is 10.5 Å². The van der Waals surface area contributed by atoms with Crippen LogP contribution in [0.3, 0.4) is 0 Å². The van der Waals surface area contributed by atoms with Gasteiger partial charge in [0.15, 0.2) is 0 Å². The highest BCUT2D eigenvalue weighted by Gasteiger charge is 2.33. The Kier molecular flexibility index (Phi) is 5.32. The van der Waals surface area contributed by atoms with Crippen LogP contribution in [0.5, 0.6) is 5.75 Å². The van der Waals surface area contributed by atoms with Gasteiger partial charge in [0.1, 0.15) is 5.75 Å². The van der Waals surface area contributed by atoms with Crippen molar-refractivity contribution in [3.05, 3.63) is 29.8 Å². The molecule has 0 aromatic heterocycles. The molecule has 2 heteroatoms. The smallest absolute Gasteiger partial charge is 0.122 e. The molecular formula is C19H31NO. The molecule has 0 bridgehead atoms. The van der Waals surface area contributed by atoms with E-state index in [9.17, 15) is 0 Å². The molecule has 1 atom stereocenters. The molecule has 1 aliphatic carbocycles. The van der Waals surface area contributed by atoms with E-state index in [2.05, 4.69) is 39.0 Å². The van der Waals surface area contributed by atoms with E-state index in [1.54, 1.807) is 7.11 Å². The Labute approximate surface area is 130 Å².